The van der Waals surface area contributed by atoms with Crippen LogP contribution in [-0.4, -0.2) is 16.9 Å². The zero-order valence-corrected chi connectivity index (χ0v) is 40.9. The highest BCUT2D eigenvalue weighted by molar-refractivity contribution is 7.20. The molecule has 0 aliphatic carbocycles. The molecular formula is C53H33BF24N2O. The number of hydrogen-bond donors (Lipinski definition) is 0. The first kappa shape index (κ1) is 62.6. The van der Waals surface area contributed by atoms with Crippen LogP contribution < -0.4 is 26.4 Å². The van der Waals surface area contributed by atoms with Crippen molar-refractivity contribution >= 4 is 33.8 Å². The zero-order valence-electron chi connectivity index (χ0n) is 40.9. The molecule has 81 heavy (non-hydrogen) atoms. The fourth-order valence-corrected chi connectivity index (χ4v) is 9.20. The van der Waals surface area contributed by atoms with Crippen molar-refractivity contribution in [3.8, 4) is 11.3 Å². The van der Waals surface area contributed by atoms with Gasteiger partial charge in [0.05, 0.1) is 50.7 Å². The predicted octanol–water partition coefficient (Wildman–Crippen LogP) is 15.1. The molecule has 0 bridgehead atoms. The third kappa shape index (κ3) is 14.3. The lowest BCUT2D eigenvalue weighted by Gasteiger charge is -2.46. The second-order valence-electron chi connectivity index (χ2n) is 18.4. The van der Waals surface area contributed by atoms with Gasteiger partial charge in [-0.2, -0.15) is 132 Å². The summed E-state index contributed by atoms with van der Waals surface area (Å²) in [6, 6.07) is 4.89. The summed E-state index contributed by atoms with van der Waals surface area (Å²) in [5.74, 6) is 0.0927. The van der Waals surface area contributed by atoms with Gasteiger partial charge >= 0.3 is 49.4 Å². The molecule has 1 aromatic heterocycles. The zero-order chi connectivity index (χ0) is 61.0. The number of nitrogens with zero attached hydrogens (tertiary/aromatic N) is 2. The summed E-state index contributed by atoms with van der Waals surface area (Å²) in [5.41, 5.74) is -23.8. The Morgan fingerprint density at radius 3 is 0.938 bits per heavy atom. The predicted molar refractivity (Wildman–Crippen MR) is 245 cm³/mol. The van der Waals surface area contributed by atoms with Crippen LogP contribution in [0.3, 0.4) is 0 Å². The highest BCUT2D eigenvalue weighted by Gasteiger charge is 2.47. The largest absolute Gasteiger partial charge is 0.416 e. The molecule has 6 aromatic carbocycles. The van der Waals surface area contributed by atoms with E-state index in [4.69, 9.17) is 0 Å². The smallest absolute Gasteiger partial charge is 0.287 e. The maximum absolute atomic E-state index is 14.2. The van der Waals surface area contributed by atoms with E-state index >= 15 is 0 Å². The minimum Gasteiger partial charge on any atom is -0.287 e. The lowest BCUT2D eigenvalue weighted by atomic mass is 9.12. The van der Waals surface area contributed by atoms with E-state index < -0.39 is 195 Å². The van der Waals surface area contributed by atoms with E-state index in [-0.39, 0.29) is 5.78 Å². The fraction of sp³-hybridized carbons (Fsp3) is 0.226. The standard InChI is InChI=1S/C32H12BF24.C21H21N2O/c34-25(35,36)13-1-14(26(37,38)39)6-21(5-13)33(22-7-15(27(40,41)42)2-16(8-22)28(43,44)45,23-9-17(29(46,47)48)3-18(10-23)30(49,50)51)24-11-19(31(52,53)54)4-20(12-24)32(55,56)57;1-15-11-16(2)21(17(3)12-15)19-13-23(10-9-22-19)14-20(24)18-7-5-4-6-8-18/h1-12H;4-13H,14H2,1-3H3/q-1;+1. The Morgan fingerprint density at radius 2 is 0.679 bits per heavy atom. The Bertz CT molecular complexity index is 3000. The first-order chi connectivity index (χ1) is 36.8. The van der Waals surface area contributed by atoms with Gasteiger partial charge in [-0.3, -0.25) is 4.79 Å². The maximum Gasteiger partial charge on any atom is 0.416 e. The maximum atomic E-state index is 14.2. The third-order valence-electron chi connectivity index (χ3n) is 12.6. The number of alkyl halides is 24. The van der Waals surface area contributed by atoms with Gasteiger partial charge < -0.3 is 0 Å². The highest BCUT2D eigenvalue weighted by atomic mass is 19.4. The highest BCUT2D eigenvalue weighted by Crippen LogP contribution is 2.42. The summed E-state index contributed by atoms with van der Waals surface area (Å²) in [5, 5.41) is 0. The van der Waals surface area contributed by atoms with Gasteiger partial charge in [-0.15, -0.1) is 0 Å². The third-order valence-corrected chi connectivity index (χ3v) is 12.6. The lowest BCUT2D eigenvalue weighted by Crippen LogP contribution is -2.75. The Kier molecular flexibility index (Phi) is 16.8. The molecule has 0 saturated heterocycles. The van der Waals surface area contributed by atoms with Crippen LogP contribution in [0.15, 0.2) is 134 Å². The summed E-state index contributed by atoms with van der Waals surface area (Å²) in [7, 11) is 0. The molecule has 0 aliphatic rings. The second kappa shape index (κ2) is 21.7. The Hall–Kier alpha value is -7.55. The van der Waals surface area contributed by atoms with Crippen LogP contribution >= 0.6 is 0 Å². The Morgan fingerprint density at radius 1 is 0.407 bits per heavy atom. The number of aromatic nitrogens is 2. The average Bonchev–Trinajstić information content (AvgIpc) is 3.52. The van der Waals surface area contributed by atoms with E-state index in [1.165, 1.54) is 16.7 Å². The lowest BCUT2D eigenvalue weighted by molar-refractivity contribution is -0.683. The average molecular weight is 1180 g/mol. The van der Waals surface area contributed by atoms with Crippen molar-refractivity contribution < 1.29 is 115 Å². The first-order valence-corrected chi connectivity index (χ1v) is 22.7. The molecule has 7 rings (SSSR count). The number of carbonyl (C=O) groups is 1. The van der Waals surface area contributed by atoms with E-state index in [0.29, 0.717) is 6.54 Å². The Balaban J connectivity index is 0.000000363. The number of halogens is 24. The van der Waals surface area contributed by atoms with Crippen LogP contribution in [-0.2, 0) is 56.0 Å². The quantitative estimate of drug-likeness (QED) is 0.0658. The monoisotopic (exact) mass is 1180 g/mol. The molecule has 0 radical (unpaired) electrons. The number of carbonyl (C=O) groups excluding carboxylic acids is 1. The van der Waals surface area contributed by atoms with Crippen molar-refractivity contribution in [1.82, 2.24) is 4.98 Å². The van der Waals surface area contributed by atoms with E-state index in [1.54, 1.807) is 6.20 Å². The first-order valence-electron chi connectivity index (χ1n) is 22.7. The molecule has 0 N–H and O–H groups in total. The summed E-state index contributed by atoms with van der Waals surface area (Å²) < 4.78 is 343. The second-order valence-corrected chi connectivity index (χ2v) is 18.4. The molecular weight excluding hydrogens is 1150 g/mol. The SMILES string of the molecule is Cc1cc(C)c(-c2c[n+](CC(=O)c3ccccc3)ccn2)c(C)c1.FC(F)(F)c1cc([B-](c2cc(C(F)(F)F)cc(C(F)(F)F)c2)(c2cc(C(F)(F)F)cc(C(F)(F)F)c2)c2cc(C(F)(F)F)cc(C(F)(F)F)c2)cc(C(F)(F)F)c1. The van der Waals surface area contributed by atoms with Gasteiger partial charge in [0.15, 0.2) is 12.4 Å². The summed E-state index contributed by atoms with van der Waals surface area (Å²) in [4.78, 5) is 16.9. The van der Waals surface area contributed by atoms with Crippen molar-refractivity contribution in [3.05, 3.63) is 201 Å². The van der Waals surface area contributed by atoms with Crippen LogP contribution in [0.1, 0.15) is 71.6 Å². The molecule has 0 spiro atoms. The molecule has 0 aliphatic heterocycles. The van der Waals surface area contributed by atoms with Crippen molar-refractivity contribution in [3.63, 3.8) is 0 Å². The fourth-order valence-electron chi connectivity index (χ4n) is 9.20. The normalized spacial score (nSPS) is 13.2. The van der Waals surface area contributed by atoms with Crippen molar-refractivity contribution in [2.24, 2.45) is 0 Å². The number of hydrogen-bond acceptors (Lipinski definition) is 2. The van der Waals surface area contributed by atoms with E-state index in [2.05, 4.69) is 37.9 Å². The number of benzene rings is 6. The van der Waals surface area contributed by atoms with Gasteiger partial charge in [0.2, 0.25) is 12.3 Å². The topological polar surface area (TPSA) is 33.8 Å². The molecule has 3 nitrogen and oxygen atoms in total. The number of aryl methyl sites for hydroxylation is 3. The van der Waals surface area contributed by atoms with Crippen LogP contribution in [0.25, 0.3) is 11.3 Å². The van der Waals surface area contributed by atoms with Crippen molar-refractivity contribution in [1.29, 1.82) is 0 Å². The minimum absolute atomic E-state index is 0.0927. The Labute approximate surface area is 441 Å². The minimum atomic E-state index is -6.13. The van der Waals surface area contributed by atoms with Gasteiger partial charge in [0, 0.05) is 11.1 Å². The number of ketones is 1. The molecule has 0 atom stereocenters. The molecule has 432 valence electrons. The van der Waals surface area contributed by atoms with Crippen molar-refractivity contribution in [2.75, 3.05) is 0 Å². The van der Waals surface area contributed by atoms with Crippen LogP contribution in [0.2, 0.25) is 0 Å². The number of Topliss-reactive ketones (excluding diaryl/α,β-unsaturated/α-hetero) is 1. The molecule has 0 saturated carbocycles. The van der Waals surface area contributed by atoms with Gasteiger partial charge in [0.1, 0.15) is 11.8 Å². The van der Waals surface area contributed by atoms with Gasteiger partial charge in [0.25, 0.3) is 0 Å². The van der Waals surface area contributed by atoms with Crippen LogP contribution in [0.5, 0.6) is 0 Å². The number of rotatable bonds is 8. The van der Waals surface area contributed by atoms with E-state index in [9.17, 15) is 110 Å². The van der Waals surface area contributed by atoms with Gasteiger partial charge in [-0.25, -0.2) is 4.98 Å². The molecule has 1 heterocycles. The van der Waals surface area contributed by atoms with Crippen molar-refractivity contribution in [2.45, 2.75) is 76.7 Å². The summed E-state index contributed by atoms with van der Waals surface area (Å²) in [6.45, 7) is 6.61. The molecule has 0 amide bonds. The molecule has 28 heteroatoms. The van der Waals surface area contributed by atoms with Crippen LogP contribution in [0.4, 0.5) is 105 Å². The summed E-state index contributed by atoms with van der Waals surface area (Å²) in [6.07, 6.45) is -49.3. The molecule has 0 unspecified atom stereocenters. The molecule has 0 fully saturated rings. The summed E-state index contributed by atoms with van der Waals surface area (Å²) >= 11 is 0. The van der Waals surface area contributed by atoms with Gasteiger partial charge in [-0.05, 0) is 56.2 Å². The van der Waals surface area contributed by atoms with E-state index in [1.807, 2.05) is 47.3 Å². The molecule has 7 aromatic rings. The van der Waals surface area contributed by atoms with E-state index in [0.717, 1.165) is 16.8 Å². The van der Waals surface area contributed by atoms with Gasteiger partial charge in [-0.1, -0.05) is 96.6 Å². The van der Waals surface area contributed by atoms with Crippen LogP contribution in [0, 0.1) is 20.8 Å².